The first-order valence-corrected chi connectivity index (χ1v) is 6.40. The monoisotopic (exact) mass is 253 g/mol. The molecule has 2 N–H and O–H groups in total. The second kappa shape index (κ2) is 5.25. The van der Waals surface area contributed by atoms with Gasteiger partial charge in [0, 0.05) is 25.7 Å². The van der Waals surface area contributed by atoms with Gasteiger partial charge in [-0.25, -0.2) is 0 Å². The van der Waals surface area contributed by atoms with Crippen molar-refractivity contribution in [3.8, 4) is 0 Å². The number of halogens is 1. The summed E-state index contributed by atoms with van der Waals surface area (Å²) in [6.45, 7) is 2.63. The maximum absolute atomic E-state index is 6.30. The summed E-state index contributed by atoms with van der Waals surface area (Å²) in [5, 5.41) is 0.812. The van der Waals surface area contributed by atoms with Crippen LogP contribution in [0.15, 0.2) is 18.2 Å². The van der Waals surface area contributed by atoms with E-state index < -0.39 is 0 Å². The Balaban J connectivity index is 2.24. The predicted octanol–water partition coefficient (Wildman–Crippen LogP) is 1.94. The van der Waals surface area contributed by atoms with Gasteiger partial charge >= 0.3 is 0 Å². The quantitative estimate of drug-likeness (QED) is 0.894. The molecule has 1 aliphatic heterocycles. The minimum atomic E-state index is 0.541. The van der Waals surface area contributed by atoms with Crippen molar-refractivity contribution in [1.29, 1.82) is 0 Å². The number of anilines is 1. The fraction of sp³-hybridized carbons (Fsp3) is 0.538. The fourth-order valence-corrected chi connectivity index (χ4v) is 2.76. The van der Waals surface area contributed by atoms with Crippen LogP contribution in [0, 0.1) is 0 Å². The number of hydrogen-bond acceptors (Lipinski definition) is 3. The highest BCUT2D eigenvalue weighted by molar-refractivity contribution is 6.33. The van der Waals surface area contributed by atoms with Crippen LogP contribution >= 0.6 is 11.6 Å². The fourth-order valence-electron chi connectivity index (χ4n) is 2.45. The van der Waals surface area contributed by atoms with Crippen LogP contribution in [0.1, 0.15) is 12.0 Å². The normalized spacial score (nSPS) is 20.3. The number of para-hydroxylation sites is 1. The number of hydrogen-bond donors (Lipinski definition) is 1. The van der Waals surface area contributed by atoms with Gasteiger partial charge in [-0.1, -0.05) is 23.7 Å². The summed E-state index contributed by atoms with van der Waals surface area (Å²) in [6, 6.07) is 6.58. The lowest BCUT2D eigenvalue weighted by Gasteiger charge is -2.24. The van der Waals surface area contributed by atoms with Gasteiger partial charge in [-0.2, -0.15) is 0 Å². The van der Waals surface area contributed by atoms with Gasteiger partial charge < -0.3 is 15.5 Å². The Kier molecular flexibility index (Phi) is 3.92. The summed E-state index contributed by atoms with van der Waals surface area (Å²) in [5.41, 5.74) is 8.05. The van der Waals surface area contributed by atoms with E-state index in [4.69, 9.17) is 17.3 Å². The summed E-state index contributed by atoms with van der Waals surface area (Å²) in [7, 11) is 4.26. The molecule has 0 aromatic heterocycles. The number of rotatable bonds is 3. The molecule has 0 saturated carbocycles. The highest BCUT2D eigenvalue weighted by Gasteiger charge is 2.26. The third-order valence-electron chi connectivity index (χ3n) is 3.50. The first kappa shape index (κ1) is 12.7. The molecule has 1 fully saturated rings. The van der Waals surface area contributed by atoms with E-state index in [1.807, 2.05) is 12.1 Å². The Morgan fingerprint density at radius 1 is 1.47 bits per heavy atom. The molecule has 1 saturated heterocycles. The first-order valence-electron chi connectivity index (χ1n) is 6.02. The smallest absolute Gasteiger partial charge is 0.0642 e. The zero-order chi connectivity index (χ0) is 12.4. The van der Waals surface area contributed by atoms with Crippen molar-refractivity contribution in [3.05, 3.63) is 28.8 Å². The molecule has 17 heavy (non-hydrogen) atoms. The van der Waals surface area contributed by atoms with E-state index in [-0.39, 0.29) is 0 Å². The van der Waals surface area contributed by atoms with Crippen molar-refractivity contribution in [3.63, 3.8) is 0 Å². The molecule has 3 nitrogen and oxygen atoms in total. The van der Waals surface area contributed by atoms with Crippen molar-refractivity contribution in [1.82, 2.24) is 4.90 Å². The molecule has 1 aliphatic rings. The summed E-state index contributed by atoms with van der Waals surface area (Å²) in [6.07, 6.45) is 1.18. The summed E-state index contributed by atoms with van der Waals surface area (Å²) in [4.78, 5) is 4.63. The summed E-state index contributed by atoms with van der Waals surface area (Å²) in [5.74, 6) is 0. The van der Waals surface area contributed by atoms with E-state index in [0.717, 1.165) is 29.4 Å². The van der Waals surface area contributed by atoms with Crippen LogP contribution in [0.25, 0.3) is 0 Å². The molecule has 1 heterocycles. The number of nitrogens with two attached hydrogens (primary N) is 1. The molecule has 1 aromatic rings. The van der Waals surface area contributed by atoms with E-state index >= 15 is 0 Å². The van der Waals surface area contributed by atoms with Crippen LogP contribution in [0.5, 0.6) is 0 Å². The van der Waals surface area contributed by atoms with E-state index in [1.165, 1.54) is 6.42 Å². The molecule has 0 bridgehead atoms. The molecule has 94 valence electrons. The Hall–Kier alpha value is -0.770. The second-order valence-corrected chi connectivity index (χ2v) is 5.21. The molecule has 1 unspecified atom stereocenters. The van der Waals surface area contributed by atoms with Gasteiger partial charge in [-0.15, -0.1) is 0 Å². The van der Waals surface area contributed by atoms with Crippen molar-refractivity contribution in [2.75, 3.05) is 32.1 Å². The van der Waals surface area contributed by atoms with Crippen LogP contribution in [0.4, 0.5) is 5.69 Å². The van der Waals surface area contributed by atoms with Gasteiger partial charge in [-0.05, 0) is 32.1 Å². The highest BCUT2D eigenvalue weighted by atomic mass is 35.5. The summed E-state index contributed by atoms with van der Waals surface area (Å²) < 4.78 is 0. The molecule has 1 aromatic carbocycles. The number of benzene rings is 1. The van der Waals surface area contributed by atoms with Crippen LogP contribution in [0.3, 0.4) is 0 Å². The van der Waals surface area contributed by atoms with Crippen molar-refractivity contribution < 1.29 is 0 Å². The highest BCUT2D eigenvalue weighted by Crippen LogP contribution is 2.32. The van der Waals surface area contributed by atoms with Gasteiger partial charge in [-0.3, -0.25) is 0 Å². The minimum absolute atomic E-state index is 0.541. The van der Waals surface area contributed by atoms with Gasteiger partial charge in [0.05, 0.1) is 10.7 Å². The molecule has 0 radical (unpaired) electrons. The maximum Gasteiger partial charge on any atom is 0.0642 e. The van der Waals surface area contributed by atoms with Crippen molar-refractivity contribution >= 4 is 17.3 Å². The SMILES string of the molecule is CN(C)C1CCN(c2c(Cl)cccc2CN)C1. The summed E-state index contributed by atoms with van der Waals surface area (Å²) >= 11 is 6.30. The molecular weight excluding hydrogens is 234 g/mol. The van der Waals surface area contributed by atoms with Gasteiger partial charge in [0.15, 0.2) is 0 Å². The molecule has 0 amide bonds. The maximum atomic E-state index is 6.30. The van der Waals surface area contributed by atoms with E-state index in [2.05, 4.69) is 30.0 Å². The Bertz CT molecular complexity index is 392. The average molecular weight is 254 g/mol. The second-order valence-electron chi connectivity index (χ2n) is 4.80. The lowest BCUT2D eigenvalue weighted by molar-refractivity contribution is 0.315. The van der Waals surface area contributed by atoms with Crippen molar-refractivity contribution in [2.24, 2.45) is 5.73 Å². The Labute approximate surface area is 108 Å². The number of nitrogens with zero attached hydrogens (tertiary/aromatic N) is 2. The molecule has 0 spiro atoms. The van der Waals surface area contributed by atoms with E-state index in [0.29, 0.717) is 12.6 Å². The lowest BCUT2D eigenvalue weighted by atomic mass is 10.1. The zero-order valence-corrected chi connectivity index (χ0v) is 11.2. The molecule has 4 heteroatoms. The van der Waals surface area contributed by atoms with Crippen LogP contribution in [-0.4, -0.2) is 38.1 Å². The molecular formula is C13H20ClN3. The third kappa shape index (κ3) is 2.57. The average Bonchev–Trinajstić information content (AvgIpc) is 2.77. The van der Waals surface area contributed by atoms with Crippen LogP contribution < -0.4 is 10.6 Å². The van der Waals surface area contributed by atoms with E-state index in [9.17, 15) is 0 Å². The predicted molar refractivity (Wildman–Crippen MR) is 73.6 cm³/mol. The van der Waals surface area contributed by atoms with E-state index in [1.54, 1.807) is 0 Å². The zero-order valence-electron chi connectivity index (χ0n) is 10.5. The van der Waals surface area contributed by atoms with Gasteiger partial charge in [0.2, 0.25) is 0 Å². The first-order chi connectivity index (χ1) is 8.13. The van der Waals surface area contributed by atoms with Crippen LogP contribution in [0.2, 0.25) is 5.02 Å². The standard InChI is InChI=1S/C13H20ClN3/c1-16(2)11-6-7-17(9-11)13-10(8-15)4-3-5-12(13)14/h3-5,11H,6-9,15H2,1-2H3. The van der Waals surface area contributed by atoms with Crippen molar-refractivity contribution in [2.45, 2.75) is 19.0 Å². The number of likely N-dealkylation sites (N-methyl/N-ethyl adjacent to an activating group) is 1. The lowest BCUT2D eigenvalue weighted by Crippen LogP contribution is -2.32. The van der Waals surface area contributed by atoms with Gasteiger partial charge in [0.25, 0.3) is 0 Å². The third-order valence-corrected chi connectivity index (χ3v) is 3.81. The topological polar surface area (TPSA) is 32.5 Å². The van der Waals surface area contributed by atoms with Crippen LogP contribution in [-0.2, 0) is 6.54 Å². The minimum Gasteiger partial charge on any atom is -0.368 e. The Morgan fingerprint density at radius 2 is 2.24 bits per heavy atom. The molecule has 0 aliphatic carbocycles. The largest absolute Gasteiger partial charge is 0.368 e. The molecule has 1 atom stereocenters. The molecule has 2 rings (SSSR count). The van der Waals surface area contributed by atoms with Gasteiger partial charge in [0.1, 0.15) is 0 Å². The Morgan fingerprint density at radius 3 is 2.82 bits per heavy atom.